The number of anilines is 1. The van der Waals surface area contributed by atoms with E-state index in [-0.39, 0.29) is 16.1 Å². The summed E-state index contributed by atoms with van der Waals surface area (Å²) in [6.45, 7) is 0. The monoisotopic (exact) mass is 427 g/mol. The molecule has 0 saturated heterocycles. The number of nitrogens with one attached hydrogen (secondary N) is 2. The van der Waals surface area contributed by atoms with E-state index in [9.17, 15) is 18.0 Å². The molecule has 0 fully saturated rings. The Morgan fingerprint density at radius 3 is 2.73 bits per heavy atom. The van der Waals surface area contributed by atoms with Crippen LogP contribution in [0.25, 0.3) is 0 Å². The van der Waals surface area contributed by atoms with Crippen LogP contribution in [0.3, 0.4) is 0 Å². The lowest BCUT2D eigenvalue weighted by Gasteiger charge is -2.11. The second kappa shape index (κ2) is 6.99. The Balaban J connectivity index is 1.78. The van der Waals surface area contributed by atoms with Gasteiger partial charge in [-0.05, 0) is 51.8 Å². The van der Waals surface area contributed by atoms with Gasteiger partial charge in [-0.3, -0.25) is 4.79 Å². The summed E-state index contributed by atoms with van der Waals surface area (Å²) in [6, 6.07) is 9.62. The van der Waals surface area contributed by atoms with Gasteiger partial charge in [0.25, 0.3) is 5.91 Å². The number of aliphatic imine (C=N–C) groups is 1. The smallest absolute Gasteiger partial charge is 0.405 e. The van der Waals surface area contributed by atoms with Crippen LogP contribution in [0.1, 0.15) is 15.9 Å². The molecule has 1 aliphatic heterocycles. The van der Waals surface area contributed by atoms with Gasteiger partial charge in [0, 0.05) is 24.7 Å². The van der Waals surface area contributed by atoms with Crippen molar-refractivity contribution in [1.29, 1.82) is 0 Å². The maximum atomic E-state index is 12.5. The third-order valence-electron chi connectivity index (χ3n) is 3.61. The summed E-state index contributed by atoms with van der Waals surface area (Å²) in [6.07, 6.45) is -4.45. The molecule has 0 atom stereocenters. The summed E-state index contributed by atoms with van der Waals surface area (Å²) in [5.41, 5.74) is 2.30. The van der Waals surface area contributed by atoms with Crippen molar-refractivity contribution < 1.29 is 22.7 Å². The molecule has 1 aliphatic rings. The first-order chi connectivity index (χ1) is 12.2. The van der Waals surface area contributed by atoms with Crippen LogP contribution in [0.15, 0.2) is 45.9 Å². The molecular formula is C17H13BrF3N3O2. The van der Waals surface area contributed by atoms with Crippen LogP contribution in [-0.4, -0.2) is 25.2 Å². The van der Waals surface area contributed by atoms with E-state index in [2.05, 4.69) is 36.3 Å². The molecule has 3 rings (SSSR count). The normalized spacial score (nSPS) is 13.0. The van der Waals surface area contributed by atoms with Crippen molar-refractivity contribution in [2.24, 2.45) is 4.99 Å². The fraction of sp³-hybridized carbons (Fsp3) is 0.176. The largest absolute Gasteiger partial charge is 0.573 e. The van der Waals surface area contributed by atoms with Crippen molar-refractivity contribution in [3.8, 4) is 5.75 Å². The van der Waals surface area contributed by atoms with Crippen molar-refractivity contribution in [3.05, 3.63) is 52.0 Å². The molecule has 9 heteroatoms. The zero-order chi connectivity index (χ0) is 18.9. The Morgan fingerprint density at radius 1 is 1.27 bits per heavy atom. The molecule has 136 valence electrons. The van der Waals surface area contributed by atoms with Crippen LogP contribution in [0.5, 0.6) is 5.75 Å². The molecule has 0 saturated carbocycles. The lowest BCUT2D eigenvalue weighted by Crippen LogP contribution is -2.18. The summed E-state index contributed by atoms with van der Waals surface area (Å²) in [4.78, 5) is 16.1. The van der Waals surface area contributed by atoms with E-state index in [0.29, 0.717) is 34.8 Å². The number of rotatable bonds is 3. The number of halogens is 4. The molecular weight excluding hydrogens is 415 g/mol. The van der Waals surface area contributed by atoms with E-state index in [1.807, 2.05) is 0 Å². The molecule has 1 heterocycles. The fourth-order valence-corrected chi connectivity index (χ4v) is 2.93. The average Bonchev–Trinajstić information content (AvgIpc) is 2.94. The Labute approximate surface area is 155 Å². The molecule has 1 amide bonds. The first kappa shape index (κ1) is 18.2. The molecule has 0 spiro atoms. The van der Waals surface area contributed by atoms with E-state index in [1.165, 1.54) is 12.1 Å². The van der Waals surface area contributed by atoms with Gasteiger partial charge < -0.3 is 15.4 Å². The summed E-state index contributed by atoms with van der Waals surface area (Å²) >= 11 is 3.06. The lowest BCUT2D eigenvalue weighted by molar-refractivity contribution is -0.274. The molecule has 0 bridgehead atoms. The van der Waals surface area contributed by atoms with Gasteiger partial charge in [-0.2, -0.15) is 0 Å². The van der Waals surface area contributed by atoms with Crippen LogP contribution < -0.4 is 15.4 Å². The third kappa shape index (κ3) is 4.16. The van der Waals surface area contributed by atoms with Gasteiger partial charge in [-0.25, -0.2) is 4.99 Å². The standard InChI is InChI=1S/C17H13BrF3N3O2/c1-22-16(25)9-3-2-4-11(5-9)23-15-7-10-6-14(26-17(19,20)21)12(18)8-13(10)24-15/h2-6,8H,7H2,1H3,(H,22,25)(H,23,24). The van der Waals surface area contributed by atoms with Crippen LogP contribution >= 0.6 is 15.9 Å². The maximum Gasteiger partial charge on any atom is 0.573 e. The second-order valence-electron chi connectivity index (χ2n) is 5.48. The first-order valence-corrected chi connectivity index (χ1v) is 8.29. The van der Waals surface area contributed by atoms with Crippen molar-refractivity contribution in [1.82, 2.24) is 5.32 Å². The molecule has 2 aromatic carbocycles. The number of ether oxygens (including phenoxy) is 1. The van der Waals surface area contributed by atoms with Gasteiger partial charge >= 0.3 is 6.36 Å². The number of fused-ring (bicyclic) bond motifs is 1. The van der Waals surface area contributed by atoms with Gasteiger partial charge in [0.05, 0.1) is 10.2 Å². The Hall–Kier alpha value is -2.55. The number of alkyl halides is 3. The van der Waals surface area contributed by atoms with Gasteiger partial charge in [0.15, 0.2) is 0 Å². The molecule has 2 N–H and O–H groups in total. The van der Waals surface area contributed by atoms with Gasteiger partial charge in [0.1, 0.15) is 11.6 Å². The Kier molecular flexibility index (Phi) is 4.90. The maximum absolute atomic E-state index is 12.5. The minimum absolute atomic E-state index is 0.167. The number of carbonyl (C=O) groups excluding carboxylic acids is 1. The molecule has 2 aromatic rings. The highest BCUT2D eigenvalue weighted by Gasteiger charge is 2.32. The van der Waals surface area contributed by atoms with Crippen LogP contribution in [-0.2, 0) is 6.42 Å². The van der Waals surface area contributed by atoms with Crippen molar-refractivity contribution in [3.63, 3.8) is 0 Å². The van der Waals surface area contributed by atoms with E-state index in [0.717, 1.165) is 0 Å². The van der Waals surface area contributed by atoms with E-state index in [4.69, 9.17) is 0 Å². The zero-order valence-electron chi connectivity index (χ0n) is 13.4. The van der Waals surface area contributed by atoms with Gasteiger partial charge in [0.2, 0.25) is 0 Å². The average molecular weight is 428 g/mol. The van der Waals surface area contributed by atoms with E-state index < -0.39 is 6.36 Å². The SMILES string of the molecule is CNC(=O)c1cccc(NC2=Nc3cc(Br)c(OC(F)(F)F)cc3C2)c1. The predicted molar refractivity (Wildman–Crippen MR) is 95.1 cm³/mol. The summed E-state index contributed by atoms with van der Waals surface area (Å²) in [5.74, 6) is 0.0302. The van der Waals surface area contributed by atoms with E-state index in [1.54, 1.807) is 31.3 Å². The zero-order valence-corrected chi connectivity index (χ0v) is 15.0. The quantitative estimate of drug-likeness (QED) is 0.762. The van der Waals surface area contributed by atoms with Crippen LogP contribution in [0.2, 0.25) is 0 Å². The van der Waals surface area contributed by atoms with Crippen molar-refractivity contribution in [2.45, 2.75) is 12.8 Å². The predicted octanol–water partition coefficient (Wildman–Crippen LogP) is 4.41. The number of amides is 1. The molecule has 5 nitrogen and oxygen atoms in total. The molecule has 26 heavy (non-hydrogen) atoms. The van der Waals surface area contributed by atoms with Crippen LogP contribution in [0, 0.1) is 0 Å². The minimum Gasteiger partial charge on any atom is -0.405 e. The summed E-state index contributed by atoms with van der Waals surface area (Å²) in [5, 5.41) is 5.63. The first-order valence-electron chi connectivity index (χ1n) is 7.50. The minimum atomic E-state index is -4.77. The molecule has 0 aliphatic carbocycles. The van der Waals surface area contributed by atoms with Gasteiger partial charge in [-0.15, -0.1) is 13.2 Å². The lowest BCUT2D eigenvalue weighted by atomic mass is 10.1. The highest BCUT2D eigenvalue weighted by Crippen LogP contribution is 2.38. The summed E-state index contributed by atoms with van der Waals surface area (Å²) in [7, 11) is 1.54. The van der Waals surface area contributed by atoms with E-state index >= 15 is 0 Å². The Bertz CT molecular complexity index is 897. The molecule has 0 unspecified atom stereocenters. The highest BCUT2D eigenvalue weighted by molar-refractivity contribution is 9.10. The number of amidine groups is 1. The molecule has 0 aromatic heterocycles. The van der Waals surface area contributed by atoms with Crippen molar-refractivity contribution in [2.75, 3.05) is 12.4 Å². The topological polar surface area (TPSA) is 62.7 Å². The fourth-order valence-electron chi connectivity index (χ4n) is 2.52. The number of benzene rings is 2. The number of hydrogen-bond donors (Lipinski definition) is 2. The van der Waals surface area contributed by atoms with Crippen LogP contribution in [0.4, 0.5) is 24.5 Å². The number of nitrogens with zero attached hydrogens (tertiary/aromatic N) is 1. The summed E-state index contributed by atoms with van der Waals surface area (Å²) < 4.78 is 41.5. The van der Waals surface area contributed by atoms with Gasteiger partial charge in [-0.1, -0.05) is 6.07 Å². The number of carbonyl (C=O) groups is 1. The molecule has 0 radical (unpaired) electrons. The highest BCUT2D eigenvalue weighted by atomic mass is 79.9. The Morgan fingerprint density at radius 2 is 2.04 bits per heavy atom. The second-order valence-corrected chi connectivity index (χ2v) is 6.33. The third-order valence-corrected chi connectivity index (χ3v) is 4.23. The van der Waals surface area contributed by atoms with Crippen molar-refractivity contribution >= 4 is 39.0 Å². The number of hydrogen-bond acceptors (Lipinski definition) is 4.